The van der Waals surface area contributed by atoms with Gasteiger partial charge in [0.05, 0.1) is 45.8 Å². The highest BCUT2D eigenvalue weighted by Gasteiger charge is 2.29. The third kappa shape index (κ3) is 4.07. The van der Waals surface area contributed by atoms with E-state index < -0.39 is 21.1 Å². The molecular formula is C16H23N7O3S. The van der Waals surface area contributed by atoms with Gasteiger partial charge in [-0.1, -0.05) is 26.0 Å². The Bertz CT molecular complexity index is 978. The molecule has 0 spiro atoms. The van der Waals surface area contributed by atoms with E-state index in [4.69, 9.17) is 0 Å². The molecule has 3 rings (SSSR count). The van der Waals surface area contributed by atoms with Crippen LogP contribution in [0.5, 0.6) is 0 Å². The zero-order chi connectivity index (χ0) is 19.8. The lowest BCUT2D eigenvalue weighted by Gasteiger charge is -2.28. The smallest absolute Gasteiger partial charge is 0.259 e. The Kier molecular flexibility index (Phi) is 4.89. The Morgan fingerprint density at radius 1 is 1.30 bits per heavy atom. The Morgan fingerprint density at radius 2 is 2.04 bits per heavy atom. The Morgan fingerprint density at radius 3 is 2.67 bits per heavy atom. The highest BCUT2D eigenvalue weighted by Crippen LogP contribution is 2.24. The summed E-state index contributed by atoms with van der Waals surface area (Å²) in [5, 5.41) is 11.8. The van der Waals surface area contributed by atoms with Crippen LogP contribution in [0.2, 0.25) is 0 Å². The molecule has 0 N–H and O–H groups in total. The fourth-order valence-electron chi connectivity index (χ4n) is 2.65. The van der Waals surface area contributed by atoms with E-state index in [1.54, 1.807) is 36.5 Å². The maximum Gasteiger partial charge on any atom is 0.259 e. The van der Waals surface area contributed by atoms with Crippen molar-refractivity contribution in [3.8, 4) is 0 Å². The number of aromatic nitrogens is 5. The van der Waals surface area contributed by atoms with Gasteiger partial charge >= 0.3 is 0 Å². The van der Waals surface area contributed by atoms with E-state index in [9.17, 15) is 13.8 Å². The normalized spacial score (nSPS) is 16.5. The van der Waals surface area contributed by atoms with Crippen molar-refractivity contribution >= 4 is 21.5 Å². The summed E-state index contributed by atoms with van der Waals surface area (Å²) in [7, 11) is -2.96. The molecule has 2 aromatic rings. The standard InChI is InChI=1S/C16H23N7O3S/c1-16(2,3)15(25)19-27(4,26)13-9-18-23-8-7-21(10-12(13)23)14(24)11-22-6-5-17-20-22/h5-6,9H,7-8,10-11H2,1-4H3. The molecule has 1 atom stereocenters. The maximum absolute atomic E-state index is 13.1. The fourth-order valence-corrected chi connectivity index (χ4v) is 4.19. The number of nitrogens with zero attached hydrogens (tertiary/aromatic N) is 7. The van der Waals surface area contributed by atoms with Gasteiger partial charge in [0.2, 0.25) is 5.91 Å². The quantitative estimate of drug-likeness (QED) is 0.752. The minimum atomic E-state index is -2.96. The van der Waals surface area contributed by atoms with Crippen molar-refractivity contribution in [1.29, 1.82) is 0 Å². The first-order chi connectivity index (χ1) is 12.6. The summed E-state index contributed by atoms with van der Waals surface area (Å²) in [6.07, 6.45) is 6.05. The fraction of sp³-hybridized carbons (Fsp3) is 0.562. The van der Waals surface area contributed by atoms with Crippen LogP contribution in [0.1, 0.15) is 26.5 Å². The van der Waals surface area contributed by atoms with Crippen molar-refractivity contribution in [2.24, 2.45) is 9.78 Å². The minimum Gasteiger partial charge on any atom is -0.333 e. The molecule has 0 saturated carbocycles. The molecule has 27 heavy (non-hydrogen) atoms. The second-order valence-corrected chi connectivity index (χ2v) is 9.77. The third-order valence-corrected chi connectivity index (χ3v) is 5.93. The molecular weight excluding hydrogens is 370 g/mol. The Labute approximate surface area is 157 Å². The first-order valence-electron chi connectivity index (χ1n) is 8.51. The average molecular weight is 393 g/mol. The van der Waals surface area contributed by atoms with E-state index in [0.717, 1.165) is 0 Å². The molecule has 11 heteroatoms. The predicted octanol–water partition coefficient (Wildman–Crippen LogP) is 0.546. The van der Waals surface area contributed by atoms with Gasteiger partial charge in [0.1, 0.15) is 6.54 Å². The van der Waals surface area contributed by atoms with Gasteiger partial charge in [-0.3, -0.25) is 14.3 Å². The second kappa shape index (κ2) is 6.87. The molecule has 2 amide bonds. The van der Waals surface area contributed by atoms with Crippen LogP contribution in [0.25, 0.3) is 0 Å². The number of hydrogen-bond donors (Lipinski definition) is 0. The average Bonchev–Trinajstić information content (AvgIpc) is 3.22. The molecule has 1 aliphatic rings. The highest BCUT2D eigenvalue weighted by molar-refractivity contribution is 7.93. The van der Waals surface area contributed by atoms with Gasteiger partial charge in [-0.2, -0.15) is 9.46 Å². The van der Waals surface area contributed by atoms with E-state index >= 15 is 0 Å². The molecule has 2 aromatic heterocycles. The Hall–Kier alpha value is -2.56. The zero-order valence-corrected chi connectivity index (χ0v) is 16.6. The lowest BCUT2D eigenvalue weighted by Crippen LogP contribution is -2.40. The SMILES string of the molecule is CC(C)(C)C(=O)N=S(C)(=O)c1cnn2c1CN(C(=O)Cn1ccnn1)CC2. The van der Waals surface area contributed by atoms with Crippen molar-refractivity contribution in [2.75, 3.05) is 12.8 Å². The highest BCUT2D eigenvalue weighted by atomic mass is 32.2. The topological polar surface area (TPSA) is 115 Å². The molecule has 10 nitrogen and oxygen atoms in total. The summed E-state index contributed by atoms with van der Waals surface area (Å²) in [5.74, 6) is -0.547. The number of carbonyl (C=O) groups excluding carboxylic acids is 2. The zero-order valence-electron chi connectivity index (χ0n) is 15.8. The van der Waals surface area contributed by atoms with Crippen molar-refractivity contribution < 1.29 is 13.8 Å². The molecule has 0 radical (unpaired) electrons. The van der Waals surface area contributed by atoms with E-state index in [1.807, 2.05) is 0 Å². The van der Waals surface area contributed by atoms with Crippen molar-refractivity contribution in [2.45, 2.75) is 45.3 Å². The minimum absolute atomic E-state index is 0.0812. The molecule has 146 valence electrons. The molecule has 0 aliphatic carbocycles. The number of hydrogen-bond acceptors (Lipinski definition) is 6. The van der Waals surface area contributed by atoms with E-state index in [2.05, 4.69) is 19.8 Å². The molecule has 0 fully saturated rings. The number of fused-ring (bicyclic) bond motifs is 1. The van der Waals surface area contributed by atoms with Crippen LogP contribution in [0.4, 0.5) is 0 Å². The van der Waals surface area contributed by atoms with Crippen LogP contribution in [0.3, 0.4) is 0 Å². The van der Waals surface area contributed by atoms with Crippen molar-refractivity contribution in [3.05, 3.63) is 24.3 Å². The van der Waals surface area contributed by atoms with Crippen LogP contribution < -0.4 is 0 Å². The summed E-state index contributed by atoms with van der Waals surface area (Å²) in [6.45, 7) is 6.50. The van der Waals surface area contributed by atoms with Crippen molar-refractivity contribution in [1.82, 2.24) is 29.7 Å². The molecule has 1 unspecified atom stereocenters. The van der Waals surface area contributed by atoms with Gasteiger partial charge in [-0.05, 0) is 0 Å². The summed E-state index contributed by atoms with van der Waals surface area (Å²) in [6, 6.07) is 0. The van der Waals surface area contributed by atoms with Gasteiger partial charge in [-0.15, -0.1) is 5.10 Å². The van der Waals surface area contributed by atoms with E-state index in [0.29, 0.717) is 23.7 Å². The summed E-state index contributed by atoms with van der Waals surface area (Å²) in [5.41, 5.74) is -0.0720. The molecule has 1 aliphatic heterocycles. The van der Waals surface area contributed by atoms with Crippen LogP contribution >= 0.6 is 0 Å². The number of carbonyl (C=O) groups is 2. The number of amides is 2. The van der Waals surface area contributed by atoms with Crippen LogP contribution in [-0.4, -0.2) is 58.5 Å². The molecule has 0 saturated heterocycles. The maximum atomic E-state index is 13.1. The molecule has 3 heterocycles. The number of rotatable bonds is 3. The van der Waals surface area contributed by atoms with Gasteiger partial charge in [0.15, 0.2) is 0 Å². The van der Waals surface area contributed by atoms with Crippen LogP contribution in [-0.2, 0) is 39.0 Å². The monoisotopic (exact) mass is 393 g/mol. The largest absolute Gasteiger partial charge is 0.333 e. The second-order valence-electron chi connectivity index (χ2n) is 7.54. The van der Waals surface area contributed by atoms with Crippen LogP contribution in [0, 0.1) is 5.41 Å². The third-order valence-electron chi connectivity index (χ3n) is 4.26. The molecule has 0 aromatic carbocycles. The summed E-state index contributed by atoms with van der Waals surface area (Å²) < 4.78 is 20.3. The first-order valence-corrected chi connectivity index (χ1v) is 10.4. The lowest BCUT2D eigenvalue weighted by molar-refractivity contribution is -0.133. The first kappa shape index (κ1) is 19.2. The van der Waals surface area contributed by atoms with Gasteiger partial charge in [0.25, 0.3) is 5.91 Å². The van der Waals surface area contributed by atoms with Crippen LogP contribution in [0.15, 0.2) is 27.8 Å². The van der Waals surface area contributed by atoms with E-state index in [1.165, 1.54) is 23.3 Å². The van der Waals surface area contributed by atoms with Gasteiger partial charge < -0.3 is 4.90 Å². The summed E-state index contributed by atoms with van der Waals surface area (Å²) in [4.78, 5) is 26.8. The molecule has 0 bridgehead atoms. The van der Waals surface area contributed by atoms with Gasteiger partial charge in [0, 0.05) is 24.4 Å². The lowest BCUT2D eigenvalue weighted by atomic mass is 9.96. The predicted molar refractivity (Wildman–Crippen MR) is 96.9 cm³/mol. The van der Waals surface area contributed by atoms with Crippen molar-refractivity contribution in [3.63, 3.8) is 0 Å². The van der Waals surface area contributed by atoms with Gasteiger partial charge in [-0.25, -0.2) is 8.89 Å². The Balaban J connectivity index is 1.86. The van der Waals surface area contributed by atoms with E-state index in [-0.39, 0.29) is 19.0 Å². The summed E-state index contributed by atoms with van der Waals surface area (Å²) >= 11 is 0.